The fraction of sp³-hybridized carbons (Fsp3) is 0.0455. The minimum absolute atomic E-state index is 0.750. The summed E-state index contributed by atoms with van der Waals surface area (Å²) >= 11 is 1.75. The fourth-order valence-corrected chi connectivity index (χ4v) is 4.15. The van der Waals surface area contributed by atoms with Crippen molar-refractivity contribution in [3.63, 3.8) is 0 Å². The van der Waals surface area contributed by atoms with Gasteiger partial charge in [-0.15, -0.1) is 11.3 Å². The predicted octanol–water partition coefficient (Wildman–Crippen LogP) is 6.26. The highest BCUT2D eigenvalue weighted by molar-refractivity contribution is 7.09. The molecule has 0 saturated carbocycles. The topological polar surface area (TPSA) is 12.4 Å². The van der Waals surface area contributed by atoms with Gasteiger partial charge in [0.2, 0.25) is 0 Å². The van der Waals surface area contributed by atoms with E-state index in [9.17, 15) is 0 Å². The lowest BCUT2D eigenvalue weighted by molar-refractivity contribution is 1.11. The molecule has 1 nitrogen and oxygen atoms in total. The highest BCUT2D eigenvalue weighted by Crippen LogP contribution is 2.35. The molecule has 0 amide bonds. The van der Waals surface area contributed by atoms with Crippen LogP contribution in [0.1, 0.15) is 10.4 Å². The SMILES string of the molecule is C(=NCc1cccs1)c1ccc2ccc3cccc4ccc1c2c34. The van der Waals surface area contributed by atoms with Crippen LogP contribution in [0.15, 0.2) is 77.1 Å². The van der Waals surface area contributed by atoms with Crippen LogP contribution in [0.2, 0.25) is 0 Å². The molecule has 0 fully saturated rings. The van der Waals surface area contributed by atoms with Gasteiger partial charge in [-0.05, 0) is 43.8 Å². The first-order valence-corrected chi connectivity index (χ1v) is 8.97. The molecule has 5 rings (SSSR count). The summed E-state index contributed by atoms with van der Waals surface area (Å²) in [6, 6.07) is 24.0. The first-order valence-electron chi connectivity index (χ1n) is 8.09. The zero-order chi connectivity index (χ0) is 15.9. The van der Waals surface area contributed by atoms with Gasteiger partial charge >= 0.3 is 0 Å². The van der Waals surface area contributed by atoms with E-state index in [2.05, 4.69) is 77.1 Å². The maximum absolute atomic E-state index is 4.65. The van der Waals surface area contributed by atoms with Crippen LogP contribution in [-0.4, -0.2) is 6.21 Å². The second-order valence-corrected chi connectivity index (χ2v) is 7.09. The molecule has 2 heteroatoms. The van der Waals surface area contributed by atoms with Crippen LogP contribution in [0.5, 0.6) is 0 Å². The molecular weight excluding hydrogens is 310 g/mol. The summed E-state index contributed by atoms with van der Waals surface area (Å²) in [5, 5.41) is 10.0. The molecule has 0 aliphatic heterocycles. The second-order valence-electron chi connectivity index (χ2n) is 6.06. The molecule has 0 bridgehead atoms. The van der Waals surface area contributed by atoms with E-state index >= 15 is 0 Å². The molecule has 0 saturated heterocycles. The molecule has 5 aromatic rings. The van der Waals surface area contributed by atoms with Crippen molar-refractivity contribution in [1.82, 2.24) is 0 Å². The van der Waals surface area contributed by atoms with Crippen molar-refractivity contribution in [2.75, 3.05) is 0 Å². The van der Waals surface area contributed by atoms with Gasteiger partial charge in [0.05, 0.1) is 6.54 Å². The van der Waals surface area contributed by atoms with Gasteiger partial charge in [-0.25, -0.2) is 0 Å². The zero-order valence-electron chi connectivity index (χ0n) is 13.1. The minimum Gasteiger partial charge on any atom is -0.287 e. The molecule has 1 aromatic heterocycles. The first kappa shape index (κ1) is 13.7. The van der Waals surface area contributed by atoms with Crippen molar-refractivity contribution >= 4 is 49.9 Å². The Morgan fingerprint density at radius 1 is 0.750 bits per heavy atom. The molecule has 1 heterocycles. The Kier molecular flexibility index (Phi) is 3.10. The molecule has 0 atom stereocenters. The maximum Gasteiger partial charge on any atom is 0.0732 e. The summed E-state index contributed by atoms with van der Waals surface area (Å²) in [6.07, 6.45) is 2.02. The van der Waals surface area contributed by atoms with Crippen LogP contribution in [0.25, 0.3) is 32.3 Å². The Labute approximate surface area is 144 Å². The third-order valence-corrected chi connectivity index (χ3v) is 5.48. The average Bonchev–Trinajstić information content (AvgIpc) is 3.14. The van der Waals surface area contributed by atoms with Gasteiger partial charge in [0.25, 0.3) is 0 Å². The van der Waals surface area contributed by atoms with Crippen LogP contribution < -0.4 is 0 Å². The van der Waals surface area contributed by atoms with E-state index in [1.54, 1.807) is 11.3 Å². The lowest BCUT2D eigenvalue weighted by Crippen LogP contribution is -1.89. The Hall–Kier alpha value is -2.71. The Morgan fingerprint density at radius 2 is 1.50 bits per heavy atom. The molecule has 0 N–H and O–H groups in total. The lowest BCUT2D eigenvalue weighted by Gasteiger charge is -2.12. The molecule has 114 valence electrons. The highest BCUT2D eigenvalue weighted by atomic mass is 32.1. The van der Waals surface area contributed by atoms with Crippen molar-refractivity contribution in [3.05, 3.63) is 82.6 Å². The number of aliphatic imine (C=N–C) groups is 1. The van der Waals surface area contributed by atoms with Gasteiger partial charge in [-0.2, -0.15) is 0 Å². The zero-order valence-corrected chi connectivity index (χ0v) is 13.9. The van der Waals surface area contributed by atoms with Crippen LogP contribution >= 0.6 is 11.3 Å². The molecule has 0 unspecified atom stereocenters. The van der Waals surface area contributed by atoms with E-state index in [4.69, 9.17) is 0 Å². The molecule has 0 aliphatic carbocycles. The Morgan fingerprint density at radius 3 is 2.29 bits per heavy atom. The van der Waals surface area contributed by atoms with Gasteiger partial charge in [0.1, 0.15) is 0 Å². The van der Waals surface area contributed by atoms with Crippen LogP contribution in [-0.2, 0) is 6.54 Å². The van der Waals surface area contributed by atoms with Crippen LogP contribution in [0, 0.1) is 0 Å². The molecular formula is C22H15NS. The highest BCUT2D eigenvalue weighted by Gasteiger charge is 2.09. The van der Waals surface area contributed by atoms with Crippen molar-refractivity contribution in [2.45, 2.75) is 6.54 Å². The number of hydrogen-bond acceptors (Lipinski definition) is 2. The van der Waals surface area contributed by atoms with E-state index in [1.165, 1.54) is 42.8 Å². The van der Waals surface area contributed by atoms with Gasteiger partial charge < -0.3 is 0 Å². The third kappa shape index (κ3) is 2.11. The number of nitrogens with zero attached hydrogens (tertiary/aromatic N) is 1. The predicted molar refractivity (Wildman–Crippen MR) is 106 cm³/mol. The summed E-state index contributed by atoms with van der Waals surface area (Å²) in [4.78, 5) is 5.95. The van der Waals surface area contributed by atoms with Crippen molar-refractivity contribution < 1.29 is 0 Å². The van der Waals surface area contributed by atoms with E-state index < -0.39 is 0 Å². The van der Waals surface area contributed by atoms with E-state index in [0.29, 0.717) is 0 Å². The molecule has 4 aromatic carbocycles. The minimum atomic E-state index is 0.750. The normalized spacial score (nSPS) is 12.2. The van der Waals surface area contributed by atoms with E-state index in [-0.39, 0.29) is 0 Å². The Bertz CT molecular complexity index is 1150. The van der Waals surface area contributed by atoms with Gasteiger partial charge in [0, 0.05) is 16.7 Å². The molecule has 0 aliphatic rings. The van der Waals surface area contributed by atoms with Gasteiger partial charge in [-0.1, -0.05) is 60.7 Å². The standard InChI is InChI=1S/C22H15NS/c1-3-15-6-7-17-8-9-18(13-23-14-19-5-2-12-24-19)20-11-10-16(4-1)21(15)22(17)20/h1-13H,14H2. The average molecular weight is 325 g/mol. The summed E-state index contributed by atoms with van der Waals surface area (Å²) in [5.41, 5.74) is 1.19. The number of hydrogen-bond donors (Lipinski definition) is 0. The molecule has 0 radical (unpaired) electrons. The summed E-state index contributed by atoms with van der Waals surface area (Å²) < 4.78 is 0. The van der Waals surface area contributed by atoms with E-state index in [1.807, 2.05) is 6.21 Å². The molecule has 24 heavy (non-hydrogen) atoms. The Balaban J connectivity index is 1.70. The lowest BCUT2D eigenvalue weighted by atomic mass is 9.92. The van der Waals surface area contributed by atoms with Crippen LogP contribution in [0.3, 0.4) is 0 Å². The van der Waals surface area contributed by atoms with Gasteiger partial charge in [0.15, 0.2) is 0 Å². The summed E-state index contributed by atoms with van der Waals surface area (Å²) in [6.45, 7) is 0.750. The van der Waals surface area contributed by atoms with E-state index in [0.717, 1.165) is 6.54 Å². The fourth-order valence-electron chi connectivity index (χ4n) is 3.51. The first-order chi connectivity index (χ1) is 11.9. The molecule has 0 spiro atoms. The van der Waals surface area contributed by atoms with Crippen LogP contribution in [0.4, 0.5) is 0 Å². The quantitative estimate of drug-likeness (QED) is 0.274. The maximum atomic E-state index is 4.65. The second kappa shape index (κ2) is 5.43. The smallest absolute Gasteiger partial charge is 0.0732 e. The number of benzene rings is 4. The van der Waals surface area contributed by atoms with Crippen molar-refractivity contribution in [2.24, 2.45) is 4.99 Å². The largest absolute Gasteiger partial charge is 0.287 e. The third-order valence-electron chi connectivity index (χ3n) is 4.62. The van der Waals surface area contributed by atoms with Gasteiger partial charge in [-0.3, -0.25) is 4.99 Å². The summed E-state index contributed by atoms with van der Waals surface area (Å²) in [5.74, 6) is 0. The number of rotatable bonds is 3. The summed E-state index contributed by atoms with van der Waals surface area (Å²) in [7, 11) is 0. The monoisotopic (exact) mass is 325 g/mol. The number of thiophene rings is 1. The van der Waals surface area contributed by atoms with Crippen molar-refractivity contribution in [1.29, 1.82) is 0 Å². The van der Waals surface area contributed by atoms with Crippen molar-refractivity contribution in [3.8, 4) is 0 Å².